The summed E-state index contributed by atoms with van der Waals surface area (Å²) in [5.41, 5.74) is 5.61. The Hall–Kier alpha value is -3.57. The lowest BCUT2D eigenvalue weighted by atomic mass is 9.96. The molecule has 0 saturated carbocycles. The van der Waals surface area contributed by atoms with Crippen molar-refractivity contribution < 1.29 is 23.7 Å². The molecule has 1 unspecified atom stereocenters. The van der Waals surface area contributed by atoms with E-state index >= 15 is 0 Å². The lowest BCUT2D eigenvalue weighted by Gasteiger charge is -2.15. The van der Waals surface area contributed by atoms with E-state index in [1.165, 1.54) is 5.56 Å². The molecule has 0 heterocycles. The first-order chi connectivity index (χ1) is 17.9. The molecule has 5 heteroatoms. The van der Waals surface area contributed by atoms with Gasteiger partial charge in [0.15, 0.2) is 6.10 Å². The van der Waals surface area contributed by atoms with E-state index < -0.39 is 6.10 Å². The number of hydrogen-bond donors (Lipinski definition) is 0. The fourth-order valence-corrected chi connectivity index (χ4v) is 4.00. The SMILES string of the molecule is CCOC(=O)C(Cc1ccc(OC/C=C/c2ccc(-c3cc(C(C)C)ccc3OC)cc2)cc1)OCC. The predicted octanol–water partition coefficient (Wildman–Crippen LogP) is 7.09. The van der Waals surface area contributed by atoms with Gasteiger partial charge in [0.1, 0.15) is 18.1 Å². The summed E-state index contributed by atoms with van der Waals surface area (Å²) >= 11 is 0. The van der Waals surface area contributed by atoms with Crippen LogP contribution in [0.15, 0.2) is 72.8 Å². The maximum Gasteiger partial charge on any atom is 0.335 e. The van der Waals surface area contributed by atoms with E-state index in [0.29, 0.717) is 32.2 Å². The fourth-order valence-electron chi connectivity index (χ4n) is 4.00. The second kappa shape index (κ2) is 14.2. The standard InChI is InChI=1S/C32H38O5/c1-6-35-31(32(33)36-7-2)21-25-12-17-28(18-13-25)37-20-8-9-24-10-14-26(15-11-24)29-22-27(23(3)4)16-19-30(29)34-5/h8-19,22-23,31H,6-7,20-21H2,1-5H3/b9-8+. The topological polar surface area (TPSA) is 54.0 Å². The Morgan fingerprint density at radius 3 is 2.27 bits per heavy atom. The van der Waals surface area contributed by atoms with Gasteiger partial charge in [0, 0.05) is 18.6 Å². The largest absolute Gasteiger partial charge is 0.496 e. The van der Waals surface area contributed by atoms with Gasteiger partial charge in [0.2, 0.25) is 0 Å². The summed E-state index contributed by atoms with van der Waals surface area (Å²) in [5.74, 6) is 1.78. The van der Waals surface area contributed by atoms with Gasteiger partial charge in [-0.2, -0.15) is 0 Å². The zero-order valence-corrected chi connectivity index (χ0v) is 22.5. The molecule has 0 saturated heterocycles. The van der Waals surface area contributed by atoms with Crippen molar-refractivity contribution in [2.24, 2.45) is 0 Å². The van der Waals surface area contributed by atoms with Gasteiger partial charge in [-0.3, -0.25) is 0 Å². The minimum atomic E-state index is -0.591. The zero-order valence-electron chi connectivity index (χ0n) is 22.5. The van der Waals surface area contributed by atoms with Gasteiger partial charge < -0.3 is 18.9 Å². The molecule has 196 valence electrons. The van der Waals surface area contributed by atoms with E-state index in [9.17, 15) is 4.79 Å². The maximum atomic E-state index is 12.1. The highest BCUT2D eigenvalue weighted by Gasteiger charge is 2.20. The van der Waals surface area contributed by atoms with Crippen LogP contribution in [0.1, 0.15) is 50.3 Å². The summed E-state index contributed by atoms with van der Waals surface area (Å²) in [6.45, 7) is 9.30. The smallest absolute Gasteiger partial charge is 0.335 e. The molecule has 0 aliphatic carbocycles. The van der Waals surface area contributed by atoms with Gasteiger partial charge in [0.05, 0.1) is 13.7 Å². The Bertz CT molecular complexity index is 1150. The Morgan fingerprint density at radius 2 is 1.65 bits per heavy atom. The van der Waals surface area contributed by atoms with Crippen LogP contribution in [0.25, 0.3) is 17.2 Å². The van der Waals surface area contributed by atoms with Crippen molar-refractivity contribution in [3.05, 3.63) is 89.5 Å². The monoisotopic (exact) mass is 502 g/mol. The molecule has 1 atom stereocenters. The first-order valence-electron chi connectivity index (χ1n) is 12.9. The van der Waals surface area contributed by atoms with Crippen LogP contribution in [0, 0.1) is 0 Å². The third-order valence-corrected chi connectivity index (χ3v) is 6.03. The van der Waals surface area contributed by atoms with Crippen molar-refractivity contribution in [2.45, 2.75) is 46.1 Å². The third-order valence-electron chi connectivity index (χ3n) is 6.03. The second-order valence-electron chi connectivity index (χ2n) is 8.99. The van der Waals surface area contributed by atoms with E-state index in [0.717, 1.165) is 33.8 Å². The molecule has 0 fully saturated rings. The van der Waals surface area contributed by atoms with E-state index in [-0.39, 0.29) is 5.97 Å². The van der Waals surface area contributed by atoms with Gasteiger partial charge in [0.25, 0.3) is 0 Å². The molecule has 0 spiro atoms. The number of benzene rings is 3. The van der Waals surface area contributed by atoms with Crippen LogP contribution in [0.2, 0.25) is 0 Å². The average molecular weight is 503 g/mol. The molecular formula is C32H38O5. The lowest BCUT2D eigenvalue weighted by molar-refractivity contribution is -0.156. The van der Waals surface area contributed by atoms with Crippen LogP contribution in [0.3, 0.4) is 0 Å². The second-order valence-corrected chi connectivity index (χ2v) is 8.99. The number of hydrogen-bond acceptors (Lipinski definition) is 5. The number of rotatable bonds is 13. The minimum absolute atomic E-state index is 0.328. The van der Waals surface area contributed by atoms with Crippen LogP contribution in [0.4, 0.5) is 0 Å². The van der Waals surface area contributed by atoms with Crippen molar-refractivity contribution in [3.63, 3.8) is 0 Å². The van der Waals surface area contributed by atoms with Crippen molar-refractivity contribution in [1.29, 1.82) is 0 Å². The lowest BCUT2D eigenvalue weighted by Crippen LogP contribution is -2.28. The summed E-state index contributed by atoms with van der Waals surface area (Å²) in [6.07, 6.45) is 3.92. The molecule has 0 aliphatic heterocycles. The Labute approximate surface area is 221 Å². The van der Waals surface area contributed by atoms with Crippen LogP contribution in [0.5, 0.6) is 11.5 Å². The van der Waals surface area contributed by atoms with Crippen molar-refractivity contribution in [3.8, 4) is 22.6 Å². The number of esters is 1. The van der Waals surface area contributed by atoms with Gasteiger partial charge >= 0.3 is 5.97 Å². The van der Waals surface area contributed by atoms with Gasteiger partial charge in [-0.25, -0.2) is 4.79 Å². The highest BCUT2D eigenvalue weighted by atomic mass is 16.6. The van der Waals surface area contributed by atoms with E-state index in [1.807, 2.05) is 49.4 Å². The molecule has 5 nitrogen and oxygen atoms in total. The molecule has 0 N–H and O–H groups in total. The van der Waals surface area contributed by atoms with Crippen molar-refractivity contribution >= 4 is 12.0 Å². The van der Waals surface area contributed by atoms with Gasteiger partial charge in [-0.05, 0) is 72.4 Å². The highest BCUT2D eigenvalue weighted by Crippen LogP contribution is 2.33. The van der Waals surface area contributed by atoms with E-state index in [2.05, 4.69) is 50.2 Å². The predicted molar refractivity (Wildman–Crippen MR) is 149 cm³/mol. The van der Waals surface area contributed by atoms with E-state index in [1.54, 1.807) is 14.0 Å². The molecular weight excluding hydrogens is 464 g/mol. The molecule has 37 heavy (non-hydrogen) atoms. The van der Waals surface area contributed by atoms with Gasteiger partial charge in [-0.15, -0.1) is 0 Å². The molecule has 3 rings (SSSR count). The molecule has 0 amide bonds. The summed E-state index contributed by atoms with van der Waals surface area (Å²) in [5, 5.41) is 0. The summed E-state index contributed by atoms with van der Waals surface area (Å²) in [7, 11) is 1.71. The minimum Gasteiger partial charge on any atom is -0.496 e. The van der Waals surface area contributed by atoms with Gasteiger partial charge in [-0.1, -0.05) is 62.4 Å². The maximum absolute atomic E-state index is 12.1. The molecule has 0 aliphatic rings. The van der Waals surface area contributed by atoms with Crippen LogP contribution < -0.4 is 9.47 Å². The summed E-state index contributed by atoms with van der Waals surface area (Å²) in [4.78, 5) is 12.1. The van der Waals surface area contributed by atoms with Crippen LogP contribution in [-0.2, 0) is 20.7 Å². The number of methoxy groups -OCH3 is 1. The zero-order chi connectivity index (χ0) is 26.6. The summed E-state index contributed by atoms with van der Waals surface area (Å²) < 4.78 is 22.1. The molecule has 3 aromatic rings. The molecule has 3 aromatic carbocycles. The Morgan fingerprint density at radius 1 is 0.919 bits per heavy atom. The number of ether oxygens (including phenoxy) is 4. The van der Waals surface area contributed by atoms with Crippen LogP contribution >= 0.6 is 0 Å². The molecule has 0 aromatic heterocycles. The average Bonchev–Trinajstić information content (AvgIpc) is 2.91. The Balaban J connectivity index is 1.55. The van der Waals surface area contributed by atoms with E-state index in [4.69, 9.17) is 18.9 Å². The molecule has 0 radical (unpaired) electrons. The molecule has 0 bridgehead atoms. The summed E-state index contributed by atoms with van der Waals surface area (Å²) in [6, 6.07) is 22.5. The Kier molecular flexibility index (Phi) is 10.8. The van der Waals surface area contributed by atoms with Crippen molar-refractivity contribution in [2.75, 3.05) is 26.9 Å². The van der Waals surface area contributed by atoms with Crippen molar-refractivity contribution in [1.82, 2.24) is 0 Å². The quantitative estimate of drug-likeness (QED) is 0.234. The highest BCUT2D eigenvalue weighted by molar-refractivity contribution is 5.75. The van der Waals surface area contributed by atoms with Crippen LogP contribution in [-0.4, -0.2) is 39.0 Å². The first kappa shape index (κ1) is 28.0. The number of carbonyl (C=O) groups is 1. The number of carbonyl (C=O) groups excluding carboxylic acids is 1. The first-order valence-corrected chi connectivity index (χ1v) is 12.9. The normalized spacial score (nSPS) is 12.1. The third kappa shape index (κ3) is 8.22. The fraction of sp³-hybridized carbons (Fsp3) is 0.344.